The van der Waals surface area contributed by atoms with Crippen LogP contribution >= 0.6 is 0 Å². The van der Waals surface area contributed by atoms with Crippen LogP contribution in [0.2, 0.25) is 0 Å². The lowest BCUT2D eigenvalue weighted by molar-refractivity contribution is -0.332. The number of aliphatic hydroxyl groups is 7. The van der Waals surface area contributed by atoms with Gasteiger partial charge in [-0.1, -0.05) is 181 Å². The Balaban J connectivity index is 1.68. The first-order valence-electron chi connectivity index (χ1n) is 25.1. The van der Waals surface area contributed by atoms with Crippen molar-refractivity contribution in [3.8, 4) is 0 Å². The smallest absolute Gasteiger partial charge is 0.306 e. The minimum Gasteiger partial charge on any atom is -0.457 e. The highest BCUT2D eigenvalue weighted by molar-refractivity contribution is 5.69. The van der Waals surface area contributed by atoms with E-state index in [1.165, 1.54) is 135 Å². The zero-order valence-electron chi connectivity index (χ0n) is 38.9. The molecular weight excluding hydrogens is 801 g/mol. The summed E-state index contributed by atoms with van der Waals surface area (Å²) in [6, 6.07) is 0. The van der Waals surface area contributed by atoms with Crippen molar-refractivity contribution >= 4 is 5.97 Å². The van der Waals surface area contributed by atoms with Gasteiger partial charge in [-0.2, -0.15) is 0 Å². The molecule has 2 fully saturated rings. The predicted molar refractivity (Wildman–Crippen MR) is 238 cm³/mol. The Morgan fingerprint density at radius 1 is 0.468 bits per heavy atom. The van der Waals surface area contributed by atoms with Crippen LogP contribution in [0, 0.1) is 0 Å². The van der Waals surface area contributed by atoms with E-state index in [0.717, 1.165) is 38.5 Å². The molecule has 11 atom stereocenters. The molecule has 0 aromatic rings. The van der Waals surface area contributed by atoms with Gasteiger partial charge >= 0.3 is 5.97 Å². The molecule has 2 rings (SSSR count). The van der Waals surface area contributed by atoms with E-state index >= 15 is 0 Å². The maximum atomic E-state index is 12.8. The number of esters is 1. The number of aliphatic hydroxyl groups excluding tert-OH is 7. The highest BCUT2D eigenvalue weighted by Gasteiger charge is 2.47. The normalized spacial score (nSPS) is 27.1. The summed E-state index contributed by atoms with van der Waals surface area (Å²) in [5.41, 5.74) is 0. The van der Waals surface area contributed by atoms with Crippen LogP contribution in [0.15, 0.2) is 0 Å². The highest BCUT2D eigenvalue weighted by atomic mass is 16.7. The summed E-state index contributed by atoms with van der Waals surface area (Å²) in [6.07, 6.45) is 19.2. The summed E-state index contributed by atoms with van der Waals surface area (Å²) in [4.78, 5) is 12.8. The Labute approximate surface area is 374 Å². The van der Waals surface area contributed by atoms with E-state index in [1.807, 2.05) is 0 Å². The number of hydrogen-bond acceptors (Lipinski definition) is 14. The second-order valence-corrected chi connectivity index (χ2v) is 18.0. The average Bonchev–Trinajstić information content (AvgIpc) is 3.27. The maximum absolute atomic E-state index is 12.8. The van der Waals surface area contributed by atoms with Crippen LogP contribution in [-0.4, -0.2) is 142 Å². The van der Waals surface area contributed by atoms with Crippen LogP contribution in [-0.2, 0) is 33.2 Å². The molecule has 2 aliphatic heterocycles. The van der Waals surface area contributed by atoms with Crippen LogP contribution in [0.1, 0.15) is 200 Å². The quantitative estimate of drug-likeness (QED) is 0.0246. The summed E-state index contributed by atoms with van der Waals surface area (Å²) in [5, 5.41) is 71.9. The molecule has 0 aromatic carbocycles. The summed E-state index contributed by atoms with van der Waals surface area (Å²) in [7, 11) is 0. The van der Waals surface area contributed by atoms with Gasteiger partial charge in [0.2, 0.25) is 0 Å². The molecule has 7 N–H and O–H groups in total. The number of ether oxygens (including phenoxy) is 6. The Morgan fingerprint density at radius 2 is 0.855 bits per heavy atom. The van der Waals surface area contributed by atoms with Crippen molar-refractivity contribution in [1.82, 2.24) is 0 Å². The van der Waals surface area contributed by atoms with Gasteiger partial charge < -0.3 is 64.2 Å². The topological polar surface area (TPSA) is 214 Å². The third-order valence-electron chi connectivity index (χ3n) is 12.4. The third kappa shape index (κ3) is 25.0. The molecule has 2 aliphatic rings. The van der Waals surface area contributed by atoms with E-state index < -0.39 is 80.7 Å². The van der Waals surface area contributed by atoms with E-state index in [2.05, 4.69) is 13.8 Å². The van der Waals surface area contributed by atoms with E-state index in [4.69, 9.17) is 28.4 Å². The van der Waals surface area contributed by atoms with Crippen molar-refractivity contribution in [3.63, 3.8) is 0 Å². The summed E-state index contributed by atoms with van der Waals surface area (Å²) < 4.78 is 34.1. The Kier molecular flexibility index (Phi) is 34.2. The molecule has 2 heterocycles. The molecule has 0 aromatic heterocycles. The molecule has 14 nitrogen and oxygen atoms in total. The second kappa shape index (κ2) is 37.1. The van der Waals surface area contributed by atoms with Gasteiger partial charge in [-0.3, -0.25) is 4.79 Å². The number of rotatable bonds is 40. The molecule has 0 bridgehead atoms. The first-order chi connectivity index (χ1) is 30.1. The van der Waals surface area contributed by atoms with Crippen LogP contribution in [0.5, 0.6) is 0 Å². The Hall–Kier alpha value is -1.01. The van der Waals surface area contributed by atoms with E-state index in [-0.39, 0.29) is 25.6 Å². The molecule has 0 radical (unpaired) electrons. The van der Waals surface area contributed by atoms with Crippen molar-refractivity contribution < 1.29 is 69.0 Å². The number of carbonyl (C=O) groups is 1. The van der Waals surface area contributed by atoms with Crippen molar-refractivity contribution in [3.05, 3.63) is 0 Å². The number of unbranched alkanes of at least 4 members (excludes halogenated alkanes) is 26. The predicted octanol–water partition coefficient (Wildman–Crippen LogP) is 6.91. The molecule has 0 aliphatic carbocycles. The Morgan fingerprint density at radius 3 is 1.31 bits per heavy atom. The van der Waals surface area contributed by atoms with Crippen molar-refractivity contribution in [2.24, 2.45) is 0 Å². The summed E-state index contributed by atoms with van der Waals surface area (Å²) >= 11 is 0. The molecule has 11 unspecified atom stereocenters. The van der Waals surface area contributed by atoms with E-state index in [0.29, 0.717) is 13.0 Å². The van der Waals surface area contributed by atoms with Crippen LogP contribution in [0.25, 0.3) is 0 Å². The molecule has 368 valence electrons. The molecule has 0 spiro atoms. The lowest BCUT2D eigenvalue weighted by Crippen LogP contribution is -2.61. The largest absolute Gasteiger partial charge is 0.457 e. The van der Waals surface area contributed by atoms with Crippen molar-refractivity contribution in [2.45, 2.75) is 268 Å². The zero-order chi connectivity index (χ0) is 45.2. The van der Waals surface area contributed by atoms with Gasteiger partial charge in [-0.15, -0.1) is 0 Å². The van der Waals surface area contributed by atoms with E-state index in [9.17, 15) is 40.5 Å². The van der Waals surface area contributed by atoms with Crippen molar-refractivity contribution in [2.75, 3.05) is 33.0 Å². The van der Waals surface area contributed by atoms with Gasteiger partial charge in [0.05, 0.1) is 26.4 Å². The molecule has 62 heavy (non-hydrogen) atoms. The second-order valence-electron chi connectivity index (χ2n) is 18.0. The first-order valence-corrected chi connectivity index (χ1v) is 25.1. The monoisotopic (exact) mass is 893 g/mol. The van der Waals surface area contributed by atoms with Gasteiger partial charge in [-0.25, -0.2) is 0 Å². The lowest BCUT2D eigenvalue weighted by atomic mass is 9.98. The SMILES string of the molecule is CCCCCCCCCCCCCCCCCCCCCCCOCC(COC1OC(COC2OC(CO)C(O)C(O)C2O)C(O)C(O)C1O)OC(=O)CCCCCCCCC. The maximum Gasteiger partial charge on any atom is 0.306 e. The minimum atomic E-state index is -1.70. The standard InChI is InChI=1S/C48H92O14/c1-3-5-7-9-11-12-13-14-15-16-17-18-19-20-21-22-23-24-26-28-30-32-57-34-37(60-40(50)31-29-27-25-10-8-6-4-2)35-58-47-46(56)44(54)42(52)39(62-47)36-59-48-45(55)43(53)41(51)38(33-49)61-48/h37-39,41-49,51-56H,3-36H2,1-2H3. The summed E-state index contributed by atoms with van der Waals surface area (Å²) in [6.45, 7) is 3.67. The zero-order valence-corrected chi connectivity index (χ0v) is 38.9. The van der Waals surface area contributed by atoms with Crippen LogP contribution < -0.4 is 0 Å². The fraction of sp³-hybridized carbons (Fsp3) is 0.979. The van der Waals surface area contributed by atoms with Gasteiger partial charge in [-0.05, 0) is 12.8 Å². The average molecular weight is 893 g/mol. The highest BCUT2D eigenvalue weighted by Crippen LogP contribution is 2.26. The van der Waals surface area contributed by atoms with Crippen LogP contribution in [0.4, 0.5) is 0 Å². The lowest BCUT2D eigenvalue weighted by Gasteiger charge is -2.42. The molecule has 14 heteroatoms. The fourth-order valence-electron chi connectivity index (χ4n) is 8.23. The molecular formula is C48H92O14. The van der Waals surface area contributed by atoms with E-state index in [1.54, 1.807) is 0 Å². The molecule has 2 saturated heterocycles. The molecule has 0 amide bonds. The van der Waals surface area contributed by atoms with Gasteiger partial charge in [0.1, 0.15) is 54.9 Å². The van der Waals surface area contributed by atoms with Crippen LogP contribution in [0.3, 0.4) is 0 Å². The van der Waals surface area contributed by atoms with Gasteiger partial charge in [0, 0.05) is 13.0 Å². The first kappa shape index (κ1) is 57.1. The Bertz CT molecular complexity index is 1040. The number of hydrogen-bond donors (Lipinski definition) is 7. The third-order valence-corrected chi connectivity index (χ3v) is 12.4. The summed E-state index contributed by atoms with van der Waals surface area (Å²) in [5.74, 6) is -0.379. The van der Waals surface area contributed by atoms with Gasteiger partial charge in [0.15, 0.2) is 12.6 Å². The fourth-order valence-corrected chi connectivity index (χ4v) is 8.23. The van der Waals surface area contributed by atoms with Gasteiger partial charge in [0.25, 0.3) is 0 Å². The number of carbonyl (C=O) groups excluding carboxylic acids is 1. The van der Waals surface area contributed by atoms with Crippen molar-refractivity contribution in [1.29, 1.82) is 0 Å². The minimum absolute atomic E-state index is 0.0690. The molecule has 0 saturated carbocycles.